The first kappa shape index (κ1) is 27.0. The van der Waals surface area contributed by atoms with Crippen LogP contribution in [0.4, 0.5) is 0 Å². The van der Waals surface area contributed by atoms with Gasteiger partial charge >= 0.3 is 11.9 Å². The van der Waals surface area contributed by atoms with Crippen molar-refractivity contribution in [2.75, 3.05) is 6.54 Å². The van der Waals surface area contributed by atoms with Gasteiger partial charge in [0.1, 0.15) is 18.1 Å². The van der Waals surface area contributed by atoms with Crippen molar-refractivity contribution in [3.05, 3.63) is 71.8 Å². The van der Waals surface area contributed by atoms with E-state index in [4.69, 9.17) is 5.73 Å². The lowest BCUT2D eigenvalue weighted by Gasteiger charge is -2.24. The Kier molecular flexibility index (Phi) is 10.4. The second kappa shape index (κ2) is 13.5. The highest BCUT2D eigenvalue weighted by molar-refractivity contribution is 5.95. The maximum Gasteiger partial charge on any atom is 0.326 e. The molecule has 186 valence electrons. The average molecular weight is 485 g/mol. The van der Waals surface area contributed by atoms with E-state index in [0.717, 1.165) is 0 Å². The van der Waals surface area contributed by atoms with Crippen molar-refractivity contribution in [3.63, 3.8) is 0 Å². The Morgan fingerprint density at radius 2 is 1.14 bits per heavy atom. The van der Waals surface area contributed by atoms with Crippen LogP contribution in [0.1, 0.15) is 17.5 Å². The second-order valence-electron chi connectivity index (χ2n) is 7.76. The van der Waals surface area contributed by atoms with Crippen LogP contribution in [0.5, 0.6) is 0 Å². The number of carbonyl (C=O) groups is 5. The summed E-state index contributed by atoms with van der Waals surface area (Å²) >= 11 is 0. The van der Waals surface area contributed by atoms with E-state index >= 15 is 0 Å². The van der Waals surface area contributed by atoms with Crippen molar-refractivity contribution in [2.24, 2.45) is 5.73 Å². The van der Waals surface area contributed by atoms with Gasteiger partial charge in [0, 0.05) is 12.8 Å². The van der Waals surface area contributed by atoms with Crippen molar-refractivity contribution in [2.45, 2.75) is 37.4 Å². The van der Waals surface area contributed by atoms with E-state index in [1.807, 2.05) is 0 Å². The van der Waals surface area contributed by atoms with Gasteiger partial charge in [-0.25, -0.2) is 4.79 Å². The molecule has 7 N–H and O–H groups in total. The minimum atomic E-state index is -1.58. The van der Waals surface area contributed by atoms with Crippen molar-refractivity contribution < 1.29 is 34.2 Å². The van der Waals surface area contributed by atoms with Gasteiger partial charge in [0.25, 0.3) is 0 Å². The van der Waals surface area contributed by atoms with Crippen molar-refractivity contribution in [1.82, 2.24) is 16.0 Å². The van der Waals surface area contributed by atoms with E-state index in [1.165, 1.54) is 0 Å². The normalized spacial score (nSPS) is 13.1. The third kappa shape index (κ3) is 9.26. The fourth-order valence-corrected chi connectivity index (χ4v) is 3.29. The number of nitrogens with one attached hydrogen (secondary N) is 3. The van der Waals surface area contributed by atoms with Crippen molar-refractivity contribution >= 4 is 29.7 Å². The number of carboxylic acid groups (broad SMARTS) is 2. The molecule has 2 aromatic carbocycles. The first-order valence-electron chi connectivity index (χ1n) is 10.8. The van der Waals surface area contributed by atoms with Crippen molar-refractivity contribution in [1.29, 1.82) is 0 Å². The monoisotopic (exact) mass is 484 g/mol. The molecule has 0 fully saturated rings. The van der Waals surface area contributed by atoms with Gasteiger partial charge in [-0.15, -0.1) is 0 Å². The van der Waals surface area contributed by atoms with Crippen molar-refractivity contribution in [3.8, 4) is 0 Å². The molecule has 3 unspecified atom stereocenters. The molecule has 0 saturated heterocycles. The number of carboxylic acids is 2. The second-order valence-corrected chi connectivity index (χ2v) is 7.76. The predicted molar refractivity (Wildman–Crippen MR) is 125 cm³/mol. The number of hydrogen-bond donors (Lipinski definition) is 6. The zero-order chi connectivity index (χ0) is 25.8. The molecule has 3 amide bonds. The van der Waals surface area contributed by atoms with E-state index < -0.39 is 54.2 Å². The molecule has 2 aromatic rings. The van der Waals surface area contributed by atoms with Crippen LogP contribution in [-0.4, -0.2) is 64.5 Å². The molecule has 0 heterocycles. The first-order valence-corrected chi connectivity index (χ1v) is 10.8. The smallest absolute Gasteiger partial charge is 0.326 e. The topological polar surface area (TPSA) is 188 Å². The summed E-state index contributed by atoms with van der Waals surface area (Å²) in [6.07, 6.45) is -0.775. The van der Waals surface area contributed by atoms with E-state index in [2.05, 4.69) is 16.0 Å². The van der Waals surface area contributed by atoms with E-state index in [-0.39, 0.29) is 19.4 Å². The molecule has 2 rings (SSSR count). The maximum atomic E-state index is 13.0. The van der Waals surface area contributed by atoms with Crippen LogP contribution in [-0.2, 0) is 36.8 Å². The van der Waals surface area contributed by atoms with Crippen LogP contribution >= 0.6 is 0 Å². The lowest BCUT2D eigenvalue weighted by molar-refractivity contribution is -0.143. The Morgan fingerprint density at radius 3 is 1.60 bits per heavy atom. The Balaban J connectivity index is 2.17. The summed E-state index contributed by atoms with van der Waals surface area (Å²) in [4.78, 5) is 60.7. The van der Waals surface area contributed by atoms with Crippen LogP contribution in [0, 0.1) is 0 Å². The van der Waals surface area contributed by atoms with E-state index in [0.29, 0.717) is 11.1 Å². The summed E-state index contributed by atoms with van der Waals surface area (Å²) < 4.78 is 0. The maximum absolute atomic E-state index is 13.0. The molecule has 11 nitrogen and oxygen atoms in total. The lowest BCUT2D eigenvalue weighted by Crippen LogP contribution is -2.57. The molecule has 0 saturated carbocycles. The molecule has 35 heavy (non-hydrogen) atoms. The third-order valence-corrected chi connectivity index (χ3v) is 5.03. The summed E-state index contributed by atoms with van der Waals surface area (Å²) in [5.41, 5.74) is 6.69. The summed E-state index contributed by atoms with van der Waals surface area (Å²) in [7, 11) is 0. The van der Waals surface area contributed by atoms with Crippen LogP contribution in [0.25, 0.3) is 0 Å². The summed E-state index contributed by atoms with van der Waals surface area (Å²) in [6, 6.07) is 13.2. The molecule has 0 radical (unpaired) electrons. The summed E-state index contributed by atoms with van der Waals surface area (Å²) in [5, 5.41) is 25.9. The third-order valence-electron chi connectivity index (χ3n) is 5.03. The molecular formula is C24H28N4O7. The molecule has 0 aliphatic carbocycles. The molecule has 0 bridgehead atoms. The predicted octanol–water partition coefficient (Wildman–Crippen LogP) is -0.556. The largest absolute Gasteiger partial charge is 0.481 e. The van der Waals surface area contributed by atoms with Gasteiger partial charge in [-0.05, 0) is 11.1 Å². The highest BCUT2D eigenvalue weighted by Crippen LogP contribution is 2.07. The fourth-order valence-electron chi connectivity index (χ4n) is 3.29. The van der Waals surface area contributed by atoms with Gasteiger partial charge in [0.05, 0.1) is 13.0 Å². The number of nitrogens with two attached hydrogens (primary N) is 1. The molecule has 0 aliphatic rings. The molecule has 0 spiro atoms. The zero-order valence-corrected chi connectivity index (χ0v) is 18.8. The molecule has 11 heteroatoms. The Morgan fingerprint density at radius 1 is 0.686 bits per heavy atom. The SMILES string of the molecule is NCC(=O)NC(Cc1ccccc1)C(=O)NC(CC(=O)O)C(=O)NC(Cc1ccccc1)C(=O)O. The van der Waals surface area contributed by atoms with E-state index in [9.17, 15) is 34.2 Å². The minimum Gasteiger partial charge on any atom is -0.481 e. The Labute approximate surface area is 201 Å². The van der Waals surface area contributed by atoms with Gasteiger partial charge in [-0.3, -0.25) is 19.2 Å². The minimum absolute atomic E-state index is 0.0428. The molecule has 3 atom stereocenters. The highest BCUT2D eigenvalue weighted by atomic mass is 16.4. The lowest BCUT2D eigenvalue weighted by atomic mass is 10.0. The van der Waals surface area contributed by atoms with Crippen LogP contribution in [0.15, 0.2) is 60.7 Å². The van der Waals surface area contributed by atoms with E-state index in [1.54, 1.807) is 60.7 Å². The zero-order valence-electron chi connectivity index (χ0n) is 18.8. The number of aliphatic carboxylic acids is 2. The Bertz CT molecular complexity index is 1030. The van der Waals surface area contributed by atoms with Crippen LogP contribution < -0.4 is 21.7 Å². The number of hydrogen-bond acceptors (Lipinski definition) is 6. The molecule has 0 aliphatic heterocycles. The quantitative estimate of drug-likeness (QED) is 0.218. The number of carbonyl (C=O) groups excluding carboxylic acids is 3. The van der Waals surface area contributed by atoms with Gasteiger partial charge in [0.2, 0.25) is 17.7 Å². The fraction of sp³-hybridized carbons (Fsp3) is 0.292. The Hall–Kier alpha value is -4.25. The highest BCUT2D eigenvalue weighted by Gasteiger charge is 2.31. The molecule has 0 aromatic heterocycles. The first-order chi connectivity index (χ1) is 16.7. The number of benzene rings is 2. The number of rotatable bonds is 13. The van der Waals surface area contributed by atoms with Gasteiger partial charge in [-0.2, -0.15) is 0 Å². The summed E-state index contributed by atoms with van der Waals surface area (Å²) in [6.45, 7) is -0.378. The van der Waals surface area contributed by atoms with Crippen LogP contribution in [0.3, 0.4) is 0 Å². The summed E-state index contributed by atoms with van der Waals surface area (Å²) in [5.74, 6) is -5.11. The van der Waals surface area contributed by atoms with Gasteiger partial charge < -0.3 is 31.9 Å². The molecular weight excluding hydrogens is 456 g/mol. The van der Waals surface area contributed by atoms with Gasteiger partial charge in [0.15, 0.2) is 0 Å². The average Bonchev–Trinajstić information content (AvgIpc) is 2.83. The number of amides is 3. The standard InChI is InChI=1S/C24H28N4O7/c25-14-20(29)26-17(11-15-7-3-1-4-8-15)22(32)27-18(13-21(30)31)23(33)28-19(24(34)35)12-16-9-5-2-6-10-16/h1-10,17-19H,11-14,25H2,(H,26,29)(H,27,32)(H,28,33)(H,30,31)(H,34,35). The van der Waals surface area contributed by atoms with Gasteiger partial charge in [-0.1, -0.05) is 60.7 Å². The van der Waals surface area contributed by atoms with Crippen LogP contribution in [0.2, 0.25) is 0 Å².